The monoisotopic (exact) mass is 182 g/mol. The first-order valence-corrected chi connectivity index (χ1v) is 4.38. The predicted molar refractivity (Wildman–Crippen MR) is 44.9 cm³/mol. The predicted octanol–water partition coefficient (Wildman–Crippen LogP) is -0.212. The number of fused-ring (bicyclic) bond motifs is 1. The number of hydrogen-bond donors (Lipinski definition) is 0. The molecule has 0 atom stereocenters. The second-order valence-corrected chi connectivity index (χ2v) is 3.05. The molecule has 0 N–H and O–H groups in total. The van der Waals surface area contributed by atoms with Crippen LogP contribution in [-0.2, 0) is 19.7 Å². The molecule has 4 heteroatoms. The van der Waals surface area contributed by atoms with Crippen molar-refractivity contribution in [1.82, 2.24) is 0 Å². The first-order valence-electron chi connectivity index (χ1n) is 3.38. The van der Waals surface area contributed by atoms with E-state index in [2.05, 4.69) is 0 Å². The van der Waals surface area contributed by atoms with E-state index in [4.69, 9.17) is 8.37 Å². The SMILES string of the molecule is O=S1OC=c2ccccc2=CO1. The van der Waals surface area contributed by atoms with Crippen LogP contribution in [0.4, 0.5) is 0 Å². The van der Waals surface area contributed by atoms with E-state index in [1.165, 1.54) is 12.5 Å². The van der Waals surface area contributed by atoms with Crippen LogP contribution in [0.2, 0.25) is 0 Å². The fourth-order valence-corrected chi connectivity index (χ4v) is 1.34. The summed E-state index contributed by atoms with van der Waals surface area (Å²) in [5.41, 5.74) is 0. The summed E-state index contributed by atoms with van der Waals surface area (Å²) in [6.45, 7) is 0. The van der Waals surface area contributed by atoms with Crippen molar-refractivity contribution in [3.05, 3.63) is 34.7 Å². The van der Waals surface area contributed by atoms with Gasteiger partial charge in [-0.05, 0) is 0 Å². The molecule has 0 fully saturated rings. The van der Waals surface area contributed by atoms with Crippen LogP contribution in [0.3, 0.4) is 0 Å². The molecule has 1 aromatic carbocycles. The Morgan fingerprint density at radius 1 is 1.00 bits per heavy atom. The van der Waals surface area contributed by atoms with Crippen molar-refractivity contribution >= 4 is 23.9 Å². The van der Waals surface area contributed by atoms with Crippen molar-refractivity contribution < 1.29 is 12.6 Å². The van der Waals surface area contributed by atoms with Crippen LogP contribution in [-0.4, -0.2) is 4.21 Å². The van der Waals surface area contributed by atoms with Crippen LogP contribution in [0.25, 0.3) is 12.5 Å². The third-order valence-corrected chi connectivity index (χ3v) is 2.01. The van der Waals surface area contributed by atoms with Gasteiger partial charge >= 0.3 is 11.4 Å². The first kappa shape index (κ1) is 7.36. The van der Waals surface area contributed by atoms with Gasteiger partial charge in [0.1, 0.15) is 12.5 Å². The van der Waals surface area contributed by atoms with Crippen LogP contribution < -0.4 is 10.4 Å². The Balaban J connectivity index is 2.69. The van der Waals surface area contributed by atoms with Crippen LogP contribution in [0.15, 0.2) is 24.3 Å². The molecule has 62 valence electrons. The van der Waals surface area contributed by atoms with Crippen LogP contribution in [0, 0.1) is 0 Å². The summed E-state index contributed by atoms with van der Waals surface area (Å²) in [6.07, 6.45) is 2.85. The topological polar surface area (TPSA) is 35.5 Å². The molecular weight excluding hydrogens is 176 g/mol. The Morgan fingerprint density at radius 2 is 1.50 bits per heavy atom. The maximum atomic E-state index is 10.8. The lowest BCUT2D eigenvalue weighted by Gasteiger charge is -1.91. The van der Waals surface area contributed by atoms with Crippen molar-refractivity contribution in [3.8, 4) is 0 Å². The normalized spacial score (nSPS) is 15.7. The average Bonchev–Trinajstić information content (AvgIpc) is 2.29. The summed E-state index contributed by atoms with van der Waals surface area (Å²) >= 11 is -1.69. The van der Waals surface area contributed by atoms with Crippen molar-refractivity contribution in [2.45, 2.75) is 0 Å². The minimum atomic E-state index is -1.69. The Hall–Kier alpha value is -1.29. The molecule has 1 heterocycles. The van der Waals surface area contributed by atoms with Crippen LogP contribution >= 0.6 is 0 Å². The van der Waals surface area contributed by atoms with Crippen molar-refractivity contribution in [2.75, 3.05) is 0 Å². The highest BCUT2D eigenvalue weighted by molar-refractivity contribution is 7.75. The van der Waals surface area contributed by atoms with Gasteiger partial charge in [0.15, 0.2) is 0 Å². The molecule has 0 spiro atoms. The van der Waals surface area contributed by atoms with Gasteiger partial charge in [-0.2, -0.15) is 4.21 Å². The average molecular weight is 182 g/mol. The highest BCUT2D eigenvalue weighted by atomic mass is 32.2. The minimum absolute atomic E-state index is 0.864. The Labute approximate surface area is 71.8 Å². The van der Waals surface area contributed by atoms with E-state index in [1.807, 2.05) is 24.3 Å². The van der Waals surface area contributed by atoms with E-state index >= 15 is 0 Å². The quantitative estimate of drug-likeness (QED) is 0.557. The summed E-state index contributed by atoms with van der Waals surface area (Å²) in [6, 6.07) is 7.47. The lowest BCUT2D eigenvalue weighted by atomic mass is 10.3. The molecule has 0 bridgehead atoms. The van der Waals surface area contributed by atoms with Crippen LogP contribution in [0.5, 0.6) is 0 Å². The molecule has 0 aliphatic carbocycles. The molecule has 0 saturated heterocycles. The molecule has 0 saturated carbocycles. The Morgan fingerprint density at radius 3 is 2.00 bits per heavy atom. The molecular formula is C8H6O3S. The summed E-state index contributed by atoms with van der Waals surface area (Å²) in [4.78, 5) is 0. The molecule has 0 amide bonds. The third-order valence-electron chi connectivity index (χ3n) is 1.50. The van der Waals surface area contributed by atoms with E-state index in [0.29, 0.717) is 0 Å². The third kappa shape index (κ3) is 1.33. The molecule has 3 nitrogen and oxygen atoms in total. The molecule has 0 unspecified atom stereocenters. The highest BCUT2D eigenvalue weighted by Crippen LogP contribution is 1.92. The second kappa shape index (κ2) is 2.98. The van der Waals surface area contributed by atoms with E-state index < -0.39 is 11.4 Å². The Kier molecular flexibility index (Phi) is 1.83. The van der Waals surface area contributed by atoms with E-state index in [1.54, 1.807) is 0 Å². The van der Waals surface area contributed by atoms with E-state index in [0.717, 1.165) is 10.4 Å². The van der Waals surface area contributed by atoms with Gasteiger partial charge in [0.05, 0.1) is 0 Å². The maximum absolute atomic E-state index is 10.8. The number of rotatable bonds is 0. The smallest absolute Gasteiger partial charge is 0.378 e. The fourth-order valence-electron chi connectivity index (χ4n) is 0.930. The molecule has 1 aliphatic heterocycles. The Bertz CT molecular complexity index is 385. The van der Waals surface area contributed by atoms with Gasteiger partial charge < -0.3 is 8.37 Å². The number of hydrogen-bond acceptors (Lipinski definition) is 3. The largest absolute Gasteiger partial charge is 0.416 e. The fraction of sp³-hybridized carbons (Fsp3) is 0. The summed E-state index contributed by atoms with van der Waals surface area (Å²) in [5.74, 6) is 0. The van der Waals surface area contributed by atoms with Gasteiger partial charge in [-0.3, -0.25) is 0 Å². The molecule has 1 aromatic rings. The lowest BCUT2D eigenvalue weighted by Crippen LogP contribution is -2.22. The second-order valence-electron chi connectivity index (χ2n) is 2.26. The van der Waals surface area contributed by atoms with Gasteiger partial charge in [-0.25, -0.2) is 0 Å². The van der Waals surface area contributed by atoms with Crippen LogP contribution in [0.1, 0.15) is 0 Å². The standard InChI is InChI=1S/C8H6O3S/c9-12-10-5-7-3-1-2-4-8(7)6-11-12/h1-6H. The molecule has 0 radical (unpaired) electrons. The maximum Gasteiger partial charge on any atom is 0.416 e. The van der Waals surface area contributed by atoms with E-state index in [9.17, 15) is 4.21 Å². The summed E-state index contributed by atoms with van der Waals surface area (Å²) < 4.78 is 20.2. The molecule has 2 rings (SSSR count). The molecule has 0 aromatic heterocycles. The van der Waals surface area contributed by atoms with Gasteiger partial charge in [0.25, 0.3) is 0 Å². The number of benzene rings is 1. The summed E-state index contributed by atoms with van der Waals surface area (Å²) in [5, 5.41) is 1.73. The van der Waals surface area contributed by atoms with Gasteiger partial charge in [-0.1, -0.05) is 24.3 Å². The van der Waals surface area contributed by atoms with E-state index in [-0.39, 0.29) is 0 Å². The zero-order valence-corrected chi connectivity index (χ0v) is 6.91. The minimum Gasteiger partial charge on any atom is -0.378 e. The zero-order chi connectivity index (χ0) is 8.39. The first-order chi connectivity index (χ1) is 5.86. The van der Waals surface area contributed by atoms with Gasteiger partial charge in [-0.15, -0.1) is 0 Å². The van der Waals surface area contributed by atoms with Crippen molar-refractivity contribution in [2.24, 2.45) is 0 Å². The molecule has 1 aliphatic rings. The zero-order valence-electron chi connectivity index (χ0n) is 6.10. The van der Waals surface area contributed by atoms with Crippen molar-refractivity contribution in [3.63, 3.8) is 0 Å². The van der Waals surface area contributed by atoms with Gasteiger partial charge in [0.2, 0.25) is 0 Å². The lowest BCUT2D eigenvalue weighted by molar-refractivity contribution is 0.447. The highest BCUT2D eigenvalue weighted by Gasteiger charge is 1.99. The molecule has 12 heavy (non-hydrogen) atoms. The summed E-state index contributed by atoms with van der Waals surface area (Å²) in [7, 11) is 0. The van der Waals surface area contributed by atoms with Gasteiger partial charge in [0, 0.05) is 10.4 Å². The van der Waals surface area contributed by atoms with Crippen molar-refractivity contribution in [1.29, 1.82) is 0 Å².